The lowest BCUT2D eigenvalue weighted by molar-refractivity contribution is -0.318. The number of ether oxygens (including phenoxy) is 5. The van der Waals surface area contributed by atoms with Crippen molar-refractivity contribution in [2.45, 2.75) is 68.3 Å². The SMILES string of the molecule is COc1cc(-c2oc3cc(O)cc(O)c3c(=O)c2O[C@H]2O[C@@H](CO[C@H]3O[C@H](C)[C@@H](O)[C@H](O)[C@@H]3O)[C@H](O)[C@@H](O)[C@@H]2O)ccc1O. The van der Waals surface area contributed by atoms with E-state index in [0.29, 0.717) is 0 Å². The van der Waals surface area contributed by atoms with Gasteiger partial charge in [-0.15, -0.1) is 0 Å². The van der Waals surface area contributed by atoms with Gasteiger partial charge in [0.1, 0.15) is 65.2 Å². The molecule has 2 saturated heterocycles. The molecule has 3 aromatic rings. The highest BCUT2D eigenvalue weighted by Crippen LogP contribution is 2.39. The Bertz CT molecular complexity index is 1560. The maximum Gasteiger partial charge on any atom is 0.239 e. The number of aromatic hydroxyl groups is 3. The summed E-state index contributed by atoms with van der Waals surface area (Å²) >= 11 is 0. The molecule has 16 heteroatoms. The van der Waals surface area contributed by atoms with Crippen LogP contribution in [-0.2, 0) is 14.2 Å². The Morgan fingerprint density at radius 3 is 2.18 bits per heavy atom. The number of aliphatic hydroxyl groups is 6. The third kappa shape index (κ3) is 5.74. The van der Waals surface area contributed by atoms with Crippen molar-refractivity contribution >= 4 is 11.0 Å². The van der Waals surface area contributed by atoms with E-state index in [-0.39, 0.29) is 28.4 Å². The topological polar surface area (TPSA) is 258 Å². The second-order valence-electron chi connectivity index (χ2n) is 10.5. The summed E-state index contributed by atoms with van der Waals surface area (Å²) in [5, 5.41) is 92.1. The summed E-state index contributed by atoms with van der Waals surface area (Å²) in [5.41, 5.74) is -1.11. The minimum absolute atomic E-state index is 0.0151. The van der Waals surface area contributed by atoms with Gasteiger partial charge in [0.05, 0.1) is 19.8 Å². The molecule has 10 atom stereocenters. The largest absolute Gasteiger partial charge is 0.508 e. The Balaban J connectivity index is 1.49. The zero-order valence-corrected chi connectivity index (χ0v) is 23.3. The van der Waals surface area contributed by atoms with E-state index in [0.717, 1.165) is 12.1 Å². The number of aliphatic hydroxyl groups excluding tert-OH is 6. The van der Waals surface area contributed by atoms with Crippen LogP contribution < -0.4 is 14.9 Å². The number of hydrogen-bond donors (Lipinski definition) is 9. The van der Waals surface area contributed by atoms with Crippen molar-refractivity contribution in [2.75, 3.05) is 13.7 Å². The van der Waals surface area contributed by atoms with Gasteiger partial charge in [0, 0.05) is 17.7 Å². The molecule has 0 saturated carbocycles. The number of fused-ring (bicyclic) bond motifs is 1. The second kappa shape index (κ2) is 12.4. The van der Waals surface area contributed by atoms with Gasteiger partial charge in [-0.3, -0.25) is 4.79 Å². The van der Waals surface area contributed by atoms with E-state index in [1.54, 1.807) is 0 Å². The summed E-state index contributed by atoms with van der Waals surface area (Å²) in [4.78, 5) is 13.7. The van der Waals surface area contributed by atoms with Crippen LogP contribution in [0.15, 0.2) is 39.5 Å². The number of rotatable bonds is 7. The van der Waals surface area contributed by atoms with Gasteiger partial charge in [0.15, 0.2) is 23.5 Å². The summed E-state index contributed by atoms with van der Waals surface area (Å²) in [6, 6.07) is 5.83. The molecule has 44 heavy (non-hydrogen) atoms. The average Bonchev–Trinajstić information content (AvgIpc) is 2.98. The molecule has 0 spiro atoms. The van der Waals surface area contributed by atoms with E-state index in [2.05, 4.69) is 0 Å². The summed E-state index contributed by atoms with van der Waals surface area (Å²) < 4.78 is 33.2. The Morgan fingerprint density at radius 1 is 0.795 bits per heavy atom. The van der Waals surface area contributed by atoms with Gasteiger partial charge in [-0.2, -0.15) is 0 Å². The molecule has 0 amide bonds. The Kier molecular flexibility index (Phi) is 8.90. The lowest BCUT2D eigenvalue weighted by Crippen LogP contribution is -2.61. The fraction of sp³-hybridized carbons (Fsp3) is 0.464. The standard InChI is InChI=1S/C28H32O16/c1-9-18(32)21(35)23(37)27(41-9)40-8-16-19(33)22(36)24(38)28(43-16)44-26-20(34)17-13(31)6-11(29)7-15(17)42-25(26)10-3-4-12(30)14(5-10)39-2/h3-7,9,16,18-19,21-24,27-33,35-38H,8H2,1-2H3/t9-,16+,18-,19+,21+,22-,23+,24+,27+,28-/m1/s1. The monoisotopic (exact) mass is 624 g/mol. The van der Waals surface area contributed by atoms with Crippen molar-refractivity contribution in [3.63, 3.8) is 0 Å². The molecule has 0 unspecified atom stereocenters. The lowest BCUT2D eigenvalue weighted by Gasteiger charge is -2.42. The van der Waals surface area contributed by atoms with Crippen molar-refractivity contribution < 1.29 is 74.1 Å². The van der Waals surface area contributed by atoms with Crippen molar-refractivity contribution in [3.05, 3.63) is 40.6 Å². The van der Waals surface area contributed by atoms with Gasteiger partial charge >= 0.3 is 0 Å². The minimum atomic E-state index is -1.94. The predicted octanol–water partition coefficient (Wildman–Crippen LogP) is -1.38. The highest BCUT2D eigenvalue weighted by molar-refractivity contribution is 5.88. The normalized spacial score (nSPS) is 32.5. The molecule has 3 heterocycles. The zero-order chi connectivity index (χ0) is 32.0. The summed E-state index contributed by atoms with van der Waals surface area (Å²) in [7, 11) is 1.28. The second-order valence-corrected chi connectivity index (χ2v) is 10.5. The van der Waals surface area contributed by atoms with Crippen LogP contribution in [0.2, 0.25) is 0 Å². The third-order valence-electron chi connectivity index (χ3n) is 7.50. The highest BCUT2D eigenvalue weighted by atomic mass is 16.7. The smallest absolute Gasteiger partial charge is 0.239 e. The van der Waals surface area contributed by atoms with Crippen LogP contribution >= 0.6 is 0 Å². The fourth-order valence-electron chi connectivity index (χ4n) is 4.99. The van der Waals surface area contributed by atoms with Crippen molar-refractivity contribution in [3.8, 4) is 40.1 Å². The van der Waals surface area contributed by atoms with Gasteiger partial charge < -0.3 is 74.1 Å². The maximum absolute atomic E-state index is 13.7. The van der Waals surface area contributed by atoms with E-state index in [9.17, 15) is 50.8 Å². The third-order valence-corrected chi connectivity index (χ3v) is 7.50. The molecule has 0 bridgehead atoms. The molecule has 5 rings (SSSR count). The van der Waals surface area contributed by atoms with Crippen LogP contribution in [0.25, 0.3) is 22.3 Å². The number of methoxy groups -OCH3 is 1. The molecular weight excluding hydrogens is 592 g/mol. The Hall–Kier alpha value is -3.71. The first-order valence-corrected chi connectivity index (χ1v) is 13.4. The van der Waals surface area contributed by atoms with Crippen LogP contribution in [0.4, 0.5) is 0 Å². The van der Waals surface area contributed by atoms with Crippen LogP contribution in [-0.4, -0.2) is 121 Å². The first-order chi connectivity index (χ1) is 20.8. The van der Waals surface area contributed by atoms with Crippen LogP contribution in [0.5, 0.6) is 28.7 Å². The summed E-state index contributed by atoms with van der Waals surface area (Å²) in [6.07, 6.45) is -16.0. The number of phenols is 3. The van der Waals surface area contributed by atoms with E-state index in [4.69, 9.17) is 28.1 Å². The van der Waals surface area contributed by atoms with Crippen molar-refractivity contribution in [1.82, 2.24) is 0 Å². The van der Waals surface area contributed by atoms with Gasteiger partial charge in [-0.05, 0) is 25.1 Å². The van der Waals surface area contributed by atoms with Crippen molar-refractivity contribution in [1.29, 1.82) is 0 Å². The van der Waals surface area contributed by atoms with Crippen molar-refractivity contribution in [2.24, 2.45) is 0 Å². The number of benzene rings is 2. The summed E-state index contributed by atoms with van der Waals surface area (Å²) in [5.74, 6) is -2.28. The fourth-order valence-corrected chi connectivity index (χ4v) is 4.99. The molecular formula is C28H32O16. The Morgan fingerprint density at radius 2 is 1.48 bits per heavy atom. The van der Waals surface area contributed by atoms with Gasteiger partial charge in [-0.1, -0.05) is 0 Å². The Labute approximate surface area is 248 Å². The van der Waals surface area contributed by atoms with E-state index in [1.165, 1.54) is 32.2 Å². The molecule has 16 nitrogen and oxygen atoms in total. The molecule has 0 radical (unpaired) electrons. The molecule has 240 valence electrons. The highest BCUT2D eigenvalue weighted by Gasteiger charge is 2.47. The molecule has 0 aliphatic carbocycles. The van der Waals surface area contributed by atoms with E-state index >= 15 is 0 Å². The lowest BCUT2D eigenvalue weighted by atomic mass is 9.98. The van der Waals surface area contributed by atoms with Crippen LogP contribution in [0.3, 0.4) is 0 Å². The average molecular weight is 625 g/mol. The molecule has 2 aliphatic rings. The van der Waals surface area contributed by atoms with Crippen LogP contribution in [0, 0.1) is 0 Å². The molecule has 2 aromatic carbocycles. The molecule has 1 aromatic heterocycles. The zero-order valence-electron chi connectivity index (χ0n) is 23.3. The van der Waals surface area contributed by atoms with E-state index < -0.39 is 96.1 Å². The van der Waals surface area contributed by atoms with Gasteiger partial charge in [0.25, 0.3) is 0 Å². The van der Waals surface area contributed by atoms with E-state index in [1.807, 2.05) is 0 Å². The number of phenolic OH excluding ortho intramolecular Hbond substituents is 3. The van der Waals surface area contributed by atoms with Gasteiger partial charge in [-0.25, -0.2) is 0 Å². The summed E-state index contributed by atoms with van der Waals surface area (Å²) in [6.45, 7) is 0.845. The van der Waals surface area contributed by atoms with Crippen LogP contribution in [0.1, 0.15) is 6.92 Å². The maximum atomic E-state index is 13.7. The molecule has 2 aliphatic heterocycles. The molecule has 9 N–H and O–H groups in total. The molecule has 2 fully saturated rings. The predicted molar refractivity (Wildman–Crippen MR) is 145 cm³/mol. The minimum Gasteiger partial charge on any atom is -0.508 e. The number of hydrogen-bond acceptors (Lipinski definition) is 16. The first kappa shape index (κ1) is 31.7. The first-order valence-electron chi connectivity index (χ1n) is 13.4. The van der Waals surface area contributed by atoms with Gasteiger partial charge in [0.2, 0.25) is 17.5 Å². The quantitative estimate of drug-likeness (QED) is 0.147.